The van der Waals surface area contributed by atoms with Gasteiger partial charge >= 0.3 is 0 Å². The Balaban J connectivity index is 2.29. The lowest BCUT2D eigenvalue weighted by Crippen LogP contribution is -2.43. The minimum atomic E-state index is -3.70. The molecule has 1 N–H and O–H groups in total. The van der Waals surface area contributed by atoms with Gasteiger partial charge in [0.15, 0.2) is 0 Å². The molecule has 7 heteroatoms. The van der Waals surface area contributed by atoms with Crippen molar-refractivity contribution < 1.29 is 17.9 Å². The molecule has 0 saturated heterocycles. The van der Waals surface area contributed by atoms with Gasteiger partial charge in [0, 0.05) is 25.7 Å². The fourth-order valence-electron chi connectivity index (χ4n) is 3.25. The smallest absolute Gasteiger partial charge is 0.251 e. The quantitative estimate of drug-likeness (QED) is 0.866. The zero-order valence-electron chi connectivity index (χ0n) is 15.6. The highest BCUT2D eigenvalue weighted by Gasteiger charge is 2.29. The minimum Gasteiger partial charge on any atom is -0.495 e. The summed E-state index contributed by atoms with van der Waals surface area (Å²) in [6.45, 7) is 4.36. The maximum absolute atomic E-state index is 12.7. The largest absolute Gasteiger partial charge is 0.495 e. The third kappa shape index (κ3) is 4.15. The molecule has 3 atom stereocenters. The number of methoxy groups -OCH3 is 1. The standard InChI is InChI=1S/C18H28N2O4S/c1-12-7-6-8-15(13(12)2)19-18(21)14-9-10-16(24-5)17(11-14)25(22,23)20(3)4/h9-13,15H,6-8H2,1-5H3,(H,19,21)/t12-,13-,15+/m0/s1. The number of hydrogen-bond acceptors (Lipinski definition) is 4. The Labute approximate surface area is 150 Å². The second kappa shape index (κ2) is 7.74. The van der Waals surface area contributed by atoms with Crippen LogP contribution in [-0.4, -0.2) is 45.9 Å². The fourth-order valence-corrected chi connectivity index (χ4v) is 4.33. The van der Waals surface area contributed by atoms with Crippen LogP contribution in [0.4, 0.5) is 0 Å². The molecule has 0 unspecified atom stereocenters. The molecule has 1 aromatic rings. The highest BCUT2D eigenvalue weighted by atomic mass is 32.2. The van der Waals surface area contributed by atoms with Gasteiger partial charge in [0.25, 0.3) is 5.91 Å². The number of nitrogens with one attached hydrogen (secondary N) is 1. The Kier molecular flexibility index (Phi) is 6.11. The maximum atomic E-state index is 12.7. The van der Waals surface area contributed by atoms with Crippen LogP contribution in [0.1, 0.15) is 43.5 Å². The van der Waals surface area contributed by atoms with Crippen LogP contribution >= 0.6 is 0 Å². The molecule has 0 bridgehead atoms. The fraction of sp³-hybridized carbons (Fsp3) is 0.611. The monoisotopic (exact) mass is 368 g/mol. The number of sulfonamides is 1. The van der Waals surface area contributed by atoms with E-state index in [1.807, 2.05) is 0 Å². The van der Waals surface area contributed by atoms with Crippen molar-refractivity contribution in [2.45, 2.75) is 44.0 Å². The summed E-state index contributed by atoms with van der Waals surface area (Å²) in [7, 11) is 0.614. The summed E-state index contributed by atoms with van der Waals surface area (Å²) in [5.74, 6) is 0.953. The number of amides is 1. The summed E-state index contributed by atoms with van der Waals surface area (Å²) >= 11 is 0. The summed E-state index contributed by atoms with van der Waals surface area (Å²) in [6, 6.07) is 4.63. The zero-order valence-corrected chi connectivity index (χ0v) is 16.4. The van der Waals surface area contributed by atoms with E-state index in [0.29, 0.717) is 17.4 Å². The summed E-state index contributed by atoms with van der Waals surface area (Å²) in [4.78, 5) is 12.7. The molecule has 1 fully saturated rings. The van der Waals surface area contributed by atoms with E-state index in [1.54, 1.807) is 6.07 Å². The number of nitrogens with zero attached hydrogens (tertiary/aromatic N) is 1. The Morgan fingerprint density at radius 3 is 2.52 bits per heavy atom. The molecule has 140 valence electrons. The van der Waals surface area contributed by atoms with Crippen molar-refractivity contribution in [3.05, 3.63) is 23.8 Å². The third-order valence-electron chi connectivity index (χ3n) is 5.21. The van der Waals surface area contributed by atoms with Crippen molar-refractivity contribution >= 4 is 15.9 Å². The minimum absolute atomic E-state index is 0.00212. The highest BCUT2D eigenvalue weighted by Crippen LogP contribution is 2.30. The summed E-state index contributed by atoms with van der Waals surface area (Å²) < 4.78 is 31.2. The van der Waals surface area contributed by atoms with Gasteiger partial charge in [-0.3, -0.25) is 4.79 Å². The lowest BCUT2D eigenvalue weighted by molar-refractivity contribution is 0.0891. The molecular formula is C18H28N2O4S. The van der Waals surface area contributed by atoms with E-state index in [0.717, 1.165) is 17.1 Å². The third-order valence-corrected chi connectivity index (χ3v) is 7.04. The van der Waals surface area contributed by atoms with E-state index in [2.05, 4.69) is 19.2 Å². The Morgan fingerprint density at radius 2 is 1.92 bits per heavy atom. The Morgan fingerprint density at radius 1 is 1.24 bits per heavy atom. The van der Waals surface area contributed by atoms with Crippen molar-refractivity contribution in [1.82, 2.24) is 9.62 Å². The van der Waals surface area contributed by atoms with Crippen molar-refractivity contribution in [3.8, 4) is 5.75 Å². The predicted octanol–water partition coefficient (Wildman–Crippen LogP) is 2.50. The van der Waals surface area contributed by atoms with E-state index < -0.39 is 10.0 Å². The number of benzene rings is 1. The molecule has 2 rings (SSSR count). The van der Waals surface area contributed by atoms with Crippen LogP contribution in [0.3, 0.4) is 0 Å². The summed E-state index contributed by atoms with van der Waals surface area (Å²) in [5.41, 5.74) is 0.326. The van der Waals surface area contributed by atoms with Crippen molar-refractivity contribution in [2.24, 2.45) is 11.8 Å². The van der Waals surface area contributed by atoms with Gasteiger partial charge in [-0.05, 0) is 36.5 Å². The van der Waals surface area contributed by atoms with Crippen LogP contribution in [0.25, 0.3) is 0 Å². The van der Waals surface area contributed by atoms with E-state index in [1.165, 1.54) is 39.8 Å². The van der Waals surface area contributed by atoms with Gasteiger partial charge in [-0.1, -0.05) is 26.7 Å². The van der Waals surface area contributed by atoms with Gasteiger partial charge < -0.3 is 10.1 Å². The SMILES string of the molecule is COc1ccc(C(=O)N[C@@H]2CCC[C@H](C)[C@@H]2C)cc1S(=O)(=O)N(C)C. The second-order valence-electron chi connectivity index (χ2n) is 7.00. The molecule has 0 spiro atoms. The van der Waals surface area contributed by atoms with Crippen molar-refractivity contribution in [2.75, 3.05) is 21.2 Å². The average molecular weight is 368 g/mol. The van der Waals surface area contributed by atoms with E-state index in [9.17, 15) is 13.2 Å². The number of hydrogen-bond donors (Lipinski definition) is 1. The van der Waals surface area contributed by atoms with Crippen LogP contribution in [0.15, 0.2) is 23.1 Å². The molecule has 1 amide bonds. The van der Waals surface area contributed by atoms with Gasteiger partial charge in [0.1, 0.15) is 10.6 Å². The molecule has 1 saturated carbocycles. The molecule has 1 aromatic carbocycles. The highest BCUT2D eigenvalue weighted by molar-refractivity contribution is 7.89. The van der Waals surface area contributed by atoms with Gasteiger partial charge in [0.05, 0.1) is 7.11 Å². The van der Waals surface area contributed by atoms with Crippen molar-refractivity contribution in [3.63, 3.8) is 0 Å². The molecule has 0 heterocycles. The lowest BCUT2D eigenvalue weighted by atomic mass is 9.78. The van der Waals surface area contributed by atoms with Gasteiger partial charge in [-0.15, -0.1) is 0 Å². The summed E-state index contributed by atoms with van der Waals surface area (Å²) in [6.07, 6.45) is 3.23. The average Bonchev–Trinajstić information content (AvgIpc) is 2.58. The number of rotatable bonds is 5. The lowest BCUT2D eigenvalue weighted by Gasteiger charge is -2.34. The van der Waals surface area contributed by atoms with E-state index in [4.69, 9.17) is 4.74 Å². The molecule has 25 heavy (non-hydrogen) atoms. The topological polar surface area (TPSA) is 75.7 Å². The second-order valence-corrected chi connectivity index (χ2v) is 9.12. The summed E-state index contributed by atoms with van der Waals surface area (Å²) in [5, 5.41) is 3.07. The molecule has 0 radical (unpaired) electrons. The molecule has 6 nitrogen and oxygen atoms in total. The van der Waals surface area contributed by atoms with Crippen LogP contribution in [0, 0.1) is 11.8 Å². The Bertz CT molecular complexity index is 731. The first-order valence-electron chi connectivity index (χ1n) is 8.60. The predicted molar refractivity (Wildman–Crippen MR) is 97.3 cm³/mol. The molecular weight excluding hydrogens is 340 g/mol. The normalized spacial score (nSPS) is 24.2. The molecule has 1 aliphatic rings. The maximum Gasteiger partial charge on any atom is 0.251 e. The molecule has 0 aliphatic heterocycles. The van der Waals surface area contributed by atoms with Crippen LogP contribution in [-0.2, 0) is 10.0 Å². The molecule has 0 aromatic heterocycles. The van der Waals surface area contributed by atoms with Crippen LogP contribution in [0.5, 0.6) is 5.75 Å². The first-order valence-corrected chi connectivity index (χ1v) is 10.0. The molecule has 1 aliphatic carbocycles. The number of carbonyl (C=O) groups is 1. The van der Waals surface area contributed by atoms with E-state index >= 15 is 0 Å². The van der Waals surface area contributed by atoms with Gasteiger partial charge in [0.2, 0.25) is 10.0 Å². The van der Waals surface area contributed by atoms with E-state index in [-0.39, 0.29) is 22.6 Å². The number of ether oxygens (including phenoxy) is 1. The van der Waals surface area contributed by atoms with Gasteiger partial charge in [-0.25, -0.2) is 12.7 Å². The van der Waals surface area contributed by atoms with Crippen molar-refractivity contribution in [1.29, 1.82) is 0 Å². The number of carbonyl (C=O) groups excluding carboxylic acids is 1. The zero-order chi connectivity index (χ0) is 18.8. The first-order chi connectivity index (χ1) is 11.7. The first kappa shape index (κ1) is 19.7. The van der Waals surface area contributed by atoms with Gasteiger partial charge in [-0.2, -0.15) is 0 Å². The van der Waals surface area contributed by atoms with Crippen LogP contribution in [0.2, 0.25) is 0 Å². The Hall–Kier alpha value is -1.60. The van der Waals surface area contributed by atoms with Crippen LogP contribution < -0.4 is 10.1 Å².